The molecule has 2 N–H and O–H groups in total. The molecule has 0 unspecified atom stereocenters. The van der Waals surface area contributed by atoms with Gasteiger partial charge in [0.1, 0.15) is 5.01 Å². The molecule has 0 fully saturated rings. The summed E-state index contributed by atoms with van der Waals surface area (Å²) in [5.74, 6) is -1.13. The predicted octanol–water partition coefficient (Wildman–Crippen LogP) is 4.13. The van der Waals surface area contributed by atoms with Crippen LogP contribution in [0.15, 0.2) is 53.9 Å². The highest BCUT2D eigenvalue weighted by molar-refractivity contribution is 7.13. The number of nitrogens with one attached hydrogen (secondary N) is 1. The first-order valence-corrected chi connectivity index (χ1v) is 8.08. The zero-order chi connectivity index (χ0) is 17.1. The van der Waals surface area contributed by atoms with E-state index in [2.05, 4.69) is 10.3 Å². The Hall–Kier alpha value is -2.99. The fourth-order valence-corrected chi connectivity index (χ4v) is 3.09. The summed E-state index contributed by atoms with van der Waals surface area (Å²) >= 11 is 1.30. The number of benzene rings is 2. The topological polar surface area (TPSA) is 79.3 Å². The van der Waals surface area contributed by atoms with Crippen molar-refractivity contribution in [3.63, 3.8) is 0 Å². The fraction of sp³-hybridized carbons (Fsp3) is 0.0556. The summed E-state index contributed by atoms with van der Waals surface area (Å²) in [6.45, 7) is 1.47. The summed E-state index contributed by atoms with van der Waals surface area (Å²) < 4.78 is 0. The van der Waals surface area contributed by atoms with Gasteiger partial charge in [-0.05, 0) is 23.3 Å². The second kappa shape index (κ2) is 6.64. The van der Waals surface area contributed by atoms with Crippen LogP contribution in [0.4, 0.5) is 5.69 Å². The maximum atomic E-state index is 11.2. The second-order valence-electron chi connectivity index (χ2n) is 5.18. The number of thiazole rings is 1. The Morgan fingerprint density at radius 2 is 1.75 bits per heavy atom. The van der Waals surface area contributed by atoms with Crippen LogP contribution in [0.5, 0.6) is 0 Å². The number of amides is 1. The van der Waals surface area contributed by atoms with Crippen LogP contribution in [0.2, 0.25) is 0 Å². The summed E-state index contributed by atoms with van der Waals surface area (Å²) in [5, 5.41) is 13.9. The minimum absolute atomic E-state index is 0.0575. The molecule has 24 heavy (non-hydrogen) atoms. The molecule has 2 aromatic carbocycles. The Morgan fingerprint density at radius 3 is 2.38 bits per heavy atom. The monoisotopic (exact) mass is 338 g/mol. The van der Waals surface area contributed by atoms with E-state index in [4.69, 9.17) is 5.11 Å². The van der Waals surface area contributed by atoms with E-state index < -0.39 is 5.97 Å². The maximum Gasteiger partial charge on any atom is 0.355 e. The zero-order valence-corrected chi connectivity index (χ0v) is 13.6. The first kappa shape index (κ1) is 15.9. The van der Waals surface area contributed by atoms with Gasteiger partial charge in [0.2, 0.25) is 5.91 Å². The Labute approximate surface area is 142 Å². The second-order valence-corrected chi connectivity index (χ2v) is 6.04. The molecular weight excluding hydrogens is 324 g/mol. The van der Waals surface area contributed by atoms with Gasteiger partial charge in [0.25, 0.3) is 0 Å². The van der Waals surface area contributed by atoms with Gasteiger partial charge >= 0.3 is 5.97 Å². The van der Waals surface area contributed by atoms with E-state index in [0.717, 1.165) is 22.4 Å². The lowest BCUT2D eigenvalue weighted by Gasteiger charge is -2.06. The van der Waals surface area contributed by atoms with Crippen molar-refractivity contribution in [1.29, 1.82) is 0 Å². The van der Waals surface area contributed by atoms with Crippen LogP contribution in [0, 0.1) is 0 Å². The Kier molecular flexibility index (Phi) is 4.39. The molecule has 0 aliphatic rings. The molecule has 1 aromatic heterocycles. The lowest BCUT2D eigenvalue weighted by Crippen LogP contribution is -2.05. The van der Waals surface area contributed by atoms with Crippen molar-refractivity contribution in [2.45, 2.75) is 6.92 Å². The lowest BCUT2D eigenvalue weighted by atomic mass is 10.0. The summed E-state index contributed by atoms with van der Waals surface area (Å²) in [6.07, 6.45) is 0. The molecule has 0 aliphatic carbocycles. The van der Waals surface area contributed by atoms with Gasteiger partial charge < -0.3 is 10.4 Å². The van der Waals surface area contributed by atoms with Crippen molar-refractivity contribution in [2.24, 2.45) is 0 Å². The molecule has 1 heterocycles. The predicted molar refractivity (Wildman–Crippen MR) is 94.2 cm³/mol. The highest BCUT2D eigenvalue weighted by Gasteiger charge is 2.10. The summed E-state index contributed by atoms with van der Waals surface area (Å²) in [4.78, 5) is 26.2. The quantitative estimate of drug-likeness (QED) is 0.749. The number of carboxylic acid groups (broad SMARTS) is 1. The minimum atomic E-state index is -1.02. The normalized spacial score (nSPS) is 10.4. The van der Waals surface area contributed by atoms with E-state index in [0.29, 0.717) is 5.01 Å². The fourth-order valence-electron chi connectivity index (χ4n) is 2.29. The molecule has 5 nitrogen and oxygen atoms in total. The van der Waals surface area contributed by atoms with E-state index in [-0.39, 0.29) is 11.6 Å². The van der Waals surface area contributed by atoms with Crippen LogP contribution in [-0.4, -0.2) is 22.0 Å². The third-order valence-corrected chi connectivity index (χ3v) is 4.26. The van der Waals surface area contributed by atoms with E-state index in [1.54, 1.807) is 0 Å². The van der Waals surface area contributed by atoms with E-state index in [9.17, 15) is 9.59 Å². The highest BCUT2D eigenvalue weighted by Crippen LogP contribution is 2.28. The summed E-state index contributed by atoms with van der Waals surface area (Å²) in [5.41, 5.74) is 3.66. The third-order valence-electron chi connectivity index (χ3n) is 3.37. The van der Waals surface area contributed by atoms with Gasteiger partial charge in [-0.2, -0.15) is 0 Å². The first-order chi connectivity index (χ1) is 11.5. The highest BCUT2D eigenvalue weighted by atomic mass is 32.1. The SMILES string of the molecule is CC(=O)Nc1cccc(-c2ccc(-c3nc(C(=O)O)cs3)cc2)c1. The number of anilines is 1. The molecule has 0 radical (unpaired) electrons. The number of aromatic nitrogens is 1. The van der Waals surface area contributed by atoms with Crippen molar-refractivity contribution in [1.82, 2.24) is 4.98 Å². The van der Waals surface area contributed by atoms with Crippen molar-refractivity contribution < 1.29 is 14.7 Å². The number of aromatic carboxylic acids is 1. The average Bonchev–Trinajstić information content (AvgIpc) is 3.05. The summed E-state index contributed by atoms with van der Waals surface area (Å²) in [6, 6.07) is 15.3. The van der Waals surface area contributed by atoms with Gasteiger partial charge in [-0.3, -0.25) is 4.79 Å². The van der Waals surface area contributed by atoms with Crippen molar-refractivity contribution in [3.05, 3.63) is 59.6 Å². The van der Waals surface area contributed by atoms with Crippen LogP contribution in [-0.2, 0) is 4.79 Å². The Balaban J connectivity index is 1.86. The van der Waals surface area contributed by atoms with Crippen LogP contribution < -0.4 is 5.32 Å². The van der Waals surface area contributed by atoms with Crippen LogP contribution in [0.25, 0.3) is 21.7 Å². The Morgan fingerprint density at radius 1 is 1.04 bits per heavy atom. The van der Waals surface area contributed by atoms with Gasteiger partial charge in [0, 0.05) is 23.6 Å². The van der Waals surface area contributed by atoms with Gasteiger partial charge in [-0.1, -0.05) is 36.4 Å². The molecule has 1 amide bonds. The van der Waals surface area contributed by atoms with Crippen LogP contribution in [0.3, 0.4) is 0 Å². The van der Waals surface area contributed by atoms with Crippen LogP contribution in [0.1, 0.15) is 17.4 Å². The standard InChI is InChI=1S/C18H14N2O3S/c1-11(21)19-15-4-2-3-14(9-15)12-5-7-13(8-6-12)17-20-16(10-24-17)18(22)23/h2-10H,1H3,(H,19,21)(H,22,23). The molecule has 3 aromatic rings. The number of carbonyl (C=O) groups excluding carboxylic acids is 1. The average molecular weight is 338 g/mol. The van der Waals surface area contributed by atoms with Gasteiger partial charge in [-0.15, -0.1) is 11.3 Å². The third kappa shape index (κ3) is 3.49. The number of carbonyl (C=O) groups is 2. The van der Waals surface area contributed by atoms with Gasteiger partial charge in [0.05, 0.1) is 0 Å². The first-order valence-electron chi connectivity index (χ1n) is 7.20. The smallest absolute Gasteiger partial charge is 0.355 e. The molecule has 3 rings (SSSR count). The largest absolute Gasteiger partial charge is 0.476 e. The number of nitrogens with zero attached hydrogens (tertiary/aromatic N) is 1. The molecule has 0 saturated heterocycles. The minimum Gasteiger partial charge on any atom is -0.476 e. The van der Waals surface area contributed by atoms with Crippen molar-refractivity contribution in [3.8, 4) is 21.7 Å². The van der Waals surface area contributed by atoms with E-state index in [1.165, 1.54) is 23.6 Å². The van der Waals surface area contributed by atoms with Gasteiger partial charge in [-0.25, -0.2) is 9.78 Å². The van der Waals surface area contributed by atoms with Gasteiger partial charge in [0.15, 0.2) is 5.69 Å². The van der Waals surface area contributed by atoms with Crippen LogP contribution >= 0.6 is 11.3 Å². The van der Waals surface area contributed by atoms with Crippen molar-refractivity contribution in [2.75, 3.05) is 5.32 Å². The molecule has 0 bridgehead atoms. The summed E-state index contributed by atoms with van der Waals surface area (Å²) in [7, 11) is 0. The van der Waals surface area contributed by atoms with E-state index in [1.807, 2.05) is 48.5 Å². The zero-order valence-electron chi connectivity index (χ0n) is 12.8. The molecule has 120 valence electrons. The van der Waals surface area contributed by atoms with E-state index >= 15 is 0 Å². The lowest BCUT2D eigenvalue weighted by molar-refractivity contribution is -0.114. The molecule has 6 heteroatoms. The number of hydrogen-bond acceptors (Lipinski definition) is 4. The maximum absolute atomic E-state index is 11.2. The molecule has 0 aliphatic heterocycles. The number of carboxylic acids is 1. The molecular formula is C18H14N2O3S. The Bertz CT molecular complexity index is 901. The molecule has 0 spiro atoms. The number of hydrogen-bond donors (Lipinski definition) is 2. The molecule has 0 atom stereocenters. The molecule has 0 saturated carbocycles. The number of rotatable bonds is 4. The van der Waals surface area contributed by atoms with Crippen molar-refractivity contribution >= 4 is 28.9 Å².